The number of benzene rings is 2. The molecule has 1 heterocycles. The van der Waals surface area contributed by atoms with Gasteiger partial charge in [0.25, 0.3) is 0 Å². The lowest BCUT2D eigenvalue weighted by Gasteiger charge is -2.25. The number of hydrogen-bond acceptors (Lipinski definition) is 2. The summed E-state index contributed by atoms with van der Waals surface area (Å²) in [5.74, 6) is 0.128. The molecule has 1 saturated carbocycles. The van der Waals surface area contributed by atoms with Gasteiger partial charge in [-0.1, -0.05) is 6.42 Å². The van der Waals surface area contributed by atoms with E-state index in [2.05, 4.69) is 4.98 Å². The molecule has 2 N–H and O–H groups in total. The predicted molar refractivity (Wildman–Crippen MR) is 92.8 cm³/mol. The van der Waals surface area contributed by atoms with Gasteiger partial charge in [0.1, 0.15) is 22.8 Å². The first-order valence-corrected chi connectivity index (χ1v) is 8.52. The molecule has 0 aliphatic heterocycles. The molecule has 1 fully saturated rings. The Morgan fingerprint density at radius 2 is 1.92 bits per heavy atom. The number of phenols is 1. The molecule has 3 aromatic rings. The number of aryl methyl sites for hydroxylation is 1. The summed E-state index contributed by atoms with van der Waals surface area (Å²) in [6, 6.07) is 7.20. The van der Waals surface area contributed by atoms with Crippen LogP contribution in [0.5, 0.6) is 17.2 Å². The Balaban J connectivity index is 1.76. The van der Waals surface area contributed by atoms with Gasteiger partial charge in [0, 0.05) is 17.1 Å². The highest BCUT2D eigenvalue weighted by Crippen LogP contribution is 2.44. The Morgan fingerprint density at radius 3 is 2.58 bits per heavy atom. The highest BCUT2D eigenvalue weighted by molar-refractivity contribution is 5.85. The smallest absolute Gasteiger partial charge is 0.420 e. The van der Waals surface area contributed by atoms with Crippen molar-refractivity contribution in [2.75, 3.05) is 0 Å². The molecule has 4 rings (SSSR count). The van der Waals surface area contributed by atoms with Crippen molar-refractivity contribution in [3.05, 3.63) is 53.2 Å². The summed E-state index contributed by atoms with van der Waals surface area (Å²) in [5.41, 5.74) is 1.38. The van der Waals surface area contributed by atoms with Crippen LogP contribution >= 0.6 is 0 Å². The van der Waals surface area contributed by atoms with Crippen LogP contribution in [0.4, 0.5) is 13.2 Å². The van der Waals surface area contributed by atoms with Crippen LogP contribution in [0.15, 0.2) is 36.5 Å². The van der Waals surface area contributed by atoms with Crippen molar-refractivity contribution in [2.24, 2.45) is 0 Å². The number of aromatic amines is 1. The molecule has 0 unspecified atom stereocenters. The van der Waals surface area contributed by atoms with Crippen LogP contribution in [-0.4, -0.2) is 10.1 Å². The lowest BCUT2D eigenvalue weighted by atomic mass is 9.80. The molecule has 0 amide bonds. The van der Waals surface area contributed by atoms with Gasteiger partial charge in [0.15, 0.2) is 0 Å². The topological polar surface area (TPSA) is 45.2 Å². The minimum absolute atomic E-state index is 0.228. The first-order chi connectivity index (χ1) is 12.3. The molecule has 136 valence electrons. The SMILES string of the molecule is Cc1cc(O)cc(C(F)(F)F)c1Oc1ccc2[nH]cc(C3CCC3)c2c1. The molecule has 1 aliphatic carbocycles. The normalized spacial score (nSPS) is 15.2. The van der Waals surface area contributed by atoms with E-state index in [-0.39, 0.29) is 11.3 Å². The van der Waals surface area contributed by atoms with Gasteiger partial charge in [0.05, 0.1) is 0 Å². The van der Waals surface area contributed by atoms with Crippen molar-refractivity contribution in [1.29, 1.82) is 0 Å². The maximum Gasteiger partial charge on any atom is 0.420 e. The second kappa shape index (κ2) is 5.97. The van der Waals surface area contributed by atoms with Crippen molar-refractivity contribution in [3.63, 3.8) is 0 Å². The number of phenolic OH excluding ortho intramolecular Hbond substituents is 1. The first kappa shape index (κ1) is 16.8. The Morgan fingerprint density at radius 1 is 1.15 bits per heavy atom. The fraction of sp³-hybridized carbons (Fsp3) is 0.300. The van der Waals surface area contributed by atoms with Crippen LogP contribution in [-0.2, 0) is 6.18 Å². The molecule has 0 saturated heterocycles. The third-order valence-electron chi connectivity index (χ3n) is 5.01. The van der Waals surface area contributed by atoms with E-state index in [1.807, 2.05) is 12.3 Å². The van der Waals surface area contributed by atoms with Gasteiger partial charge < -0.3 is 14.8 Å². The van der Waals surface area contributed by atoms with E-state index in [9.17, 15) is 18.3 Å². The van der Waals surface area contributed by atoms with E-state index in [0.29, 0.717) is 17.7 Å². The van der Waals surface area contributed by atoms with Gasteiger partial charge in [-0.25, -0.2) is 0 Å². The molecule has 0 radical (unpaired) electrons. The number of ether oxygens (including phenoxy) is 1. The first-order valence-electron chi connectivity index (χ1n) is 8.52. The second-order valence-corrected chi connectivity index (χ2v) is 6.82. The molecule has 0 atom stereocenters. The van der Waals surface area contributed by atoms with Crippen LogP contribution in [0.25, 0.3) is 10.9 Å². The number of nitrogens with one attached hydrogen (secondary N) is 1. The number of H-pyrrole nitrogens is 1. The fourth-order valence-corrected chi connectivity index (χ4v) is 3.46. The highest BCUT2D eigenvalue weighted by atomic mass is 19.4. The van der Waals surface area contributed by atoms with E-state index >= 15 is 0 Å². The van der Waals surface area contributed by atoms with Crippen LogP contribution in [0.1, 0.15) is 41.9 Å². The lowest BCUT2D eigenvalue weighted by molar-refractivity contribution is -0.138. The molecule has 1 aliphatic rings. The fourth-order valence-electron chi connectivity index (χ4n) is 3.46. The zero-order chi connectivity index (χ0) is 18.5. The Bertz CT molecular complexity index is 971. The summed E-state index contributed by atoms with van der Waals surface area (Å²) in [6.07, 6.45) is 0.829. The average Bonchev–Trinajstić information content (AvgIpc) is 2.90. The number of fused-ring (bicyclic) bond motifs is 1. The van der Waals surface area contributed by atoms with Gasteiger partial charge in [-0.05, 0) is 67.1 Å². The predicted octanol–water partition coefficient (Wildman–Crippen LogP) is 6.26. The molecule has 0 spiro atoms. The van der Waals surface area contributed by atoms with Crippen LogP contribution in [0, 0.1) is 6.92 Å². The van der Waals surface area contributed by atoms with Gasteiger partial charge in [0.2, 0.25) is 0 Å². The zero-order valence-electron chi connectivity index (χ0n) is 14.2. The number of rotatable bonds is 3. The summed E-state index contributed by atoms with van der Waals surface area (Å²) in [7, 11) is 0. The maximum absolute atomic E-state index is 13.3. The summed E-state index contributed by atoms with van der Waals surface area (Å²) < 4.78 is 45.7. The molecule has 0 bridgehead atoms. The van der Waals surface area contributed by atoms with Crippen LogP contribution in [0.2, 0.25) is 0 Å². The molecular weight excluding hydrogens is 343 g/mol. The third-order valence-corrected chi connectivity index (χ3v) is 5.01. The van der Waals surface area contributed by atoms with E-state index in [0.717, 1.165) is 23.7 Å². The van der Waals surface area contributed by atoms with Gasteiger partial charge in [-0.15, -0.1) is 0 Å². The largest absolute Gasteiger partial charge is 0.508 e. The Kier molecular flexibility index (Phi) is 3.86. The zero-order valence-corrected chi connectivity index (χ0v) is 14.2. The van der Waals surface area contributed by atoms with Gasteiger partial charge in [-0.2, -0.15) is 13.2 Å². The van der Waals surface area contributed by atoms with Crippen LogP contribution in [0.3, 0.4) is 0 Å². The van der Waals surface area contributed by atoms with E-state index in [1.165, 1.54) is 25.0 Å². The number of aromatic hydroxyl groups is 1. The number of alkyl halides is 3. The van der Waals surface area contributed by atoms with Crippen LogP contribution < -0.4 is 4.74 Å². The molecule has 6 heteroatoms. The summed E-state index contributed by atoms with van der Waals surface area (Å²) in [6.45, 7) is 1.49. The number of hydrogen-bond donors (Lipinski definition) is 2. The van der Waals surface area contributed by atoms with Gasteiger partial charge in [-0.3, -0.25) is 0 Å². The highest BCUT2D eigenvalue weighted by Gasteiger charge is 2.36. The summed E-state index contributed by atoms with van der Waals surface area (Å²) >= 11 is 0. The Hall–Kier alpha value is -2.63. The monoisotopic (exact) mass is 361 g/mol. The lowest BCUT2D eigenvalue weighted by Crippen LogP contribution is -2.08. The standard InChI is InChI=1S/C20H18F3NO2/c1-11-7-13(25)8-17(20(21,22)23)19(11)26-14-5-6-18-15(9-14)16(10-24-18)12-3-2-4-12/h5-10,12,24-25H,2-4H2,1H3. The number of halogens is 3. The molecule has 26 heavy (non-hydrogen) atoms. The van der Waals surface area contributed by atoms with Crippen molar-refractivity contribution in [2.45, 2.75) is 38.3 Å². The minimum Gasteiger partial charge on any atom is -0.508 e. The van der Waals surface area contributed by atoms with E-state index in [4.69, 9.17) is 4.74 Å². The second-order valence-electron chi connectivity index (χ2n) is 6.82. The summed E-state index contributed by atoms with van der Waals surface area (Å²) in [5, 5.41) is 10.5. The third kappa shape index (κ3) is 2.89. The van der Waals surface area contributed by atoms with Crippen molar-refractivity contribution < 1.29 is 23.0 Å². The van der Waals surface area contributed by atoms with E-state index in [1.54, 1.807) is 12.1 Å². The summed E-state index contributed by atoms with van der Waals surface area (Å²) in [4.78, 5) is 3.21. The molecule has 1 aromatic heterocycles. The van der Waals surface area contributed by atoms with Crippen molar-refractivity contribution >= 4 is 10.9 Å². The Labute approximate surface area is 148 Å². The van der Waals surface area contributed by atoms with Crippen molar-refractivity contribution in [3.8, 4) is 17.2 Å². The molecule has 3 nitrogen and oxygen atoms in total. The minimum atomic E-state index is -4.62. The molecular formula is C20H18F3NO2. The average molecular weight is 361 g/mol. The van der Waals surface area contributed by atoms with Crippen molar-refractivity contribution in [1.82, 2.24) is 4.98 Å². The van der Waals surface area contributed by atoms with Gasteiger partial charge >= 0.3 is 6.18 Å². The molecule has 2 aromatic carbocycles. The maximum atomic E-state index is 13.3. The quantitative estimate of drug-likeness (QED) is 0.578. The number of aromatic nitrogens is 1. The van der Waals surface area contributed by atoms with E-state index < -0.39 is 17.5 Å².